The first kappa shape index (κ1) is 14.4. The van der Waals surface area contributed by atoms with Crippen LogP contribution in [-0.2, 0) is 9.47 Å². The number of carbonyl (C=O) groups is 1. The summed E-state index contributed by atoms with van der Waals surface area (Å²) >= 11 is 0. The van der Waals surface area contributed by atoms with Crippen molar-refractivity contribution < 1.29 is 23.8 Å². The molecule has 2 atom stereocenters. The maximum absolute atomic E-state index is 13.7. The molecule has 1 aromatic rings. The second kappa shape index (κ2) is 6.93. The van der Waals surface area contributed by atoms with E-state index in [0.717, 1.165) is 0 Å². The quantitative estimate of drug-likeness (QED) is 0.766. The van der Waals surface area contributed by atoms with Crippen LogP contribution in [-0.4, -0.2) is 31.2 Å². The van der Waals surface area contributed by atoms with E-state index in [4.69, 9.17) is 14.6 Å². The van der Waals surface area contributed by atoms with Gasteiger partial charge in [0.1, 0.15) is 12.6 Å². The molecule has 5 nitrogen and oxygen atoms in total. The standard InChI is InChI=1S/C12H16FNO4/c1-8(18-7-17-2)11(14-12(15)16)9-5-3-4-6-10(9)13/h3-6,8,11,14H,7H2,1-2H3,(H,15,16)/t8-,11?/m0/s1. The Morgan fingerprint density at radius 1 is 1.50 bits per heavy atom. The zero-order valence-electron chi connectivity index (χ0n) is 10.2. The number of halogens is 1. The number of rotatable bonds is 6. The molecule has 0 aliphatic heterocycles. The van der Waals surface area contributed by atoms with Gasteiger partial charge in [-0.05, 0) is 13.0 Å². The lowest BCUT2D eigenvalue weighted by atomic mass is 10.0. The summed E-state index contributed by atoms with van der Waals surface area (Å²) in [5, 5.41) is 11.0. The smallest absolute Gasteiger partial charge is 0.405 e. The van der Waals surface area contributed by atoms with E-state index in [1.807, 2.05) is 0 Å². The molecule has 1 unspecified atom stereocenters. The van der Waals surface area contributed by atoms with Crippen molar-refractivity contribution in [2.45, 2.75) is 19.1 Å². The van der Waals surface area contributed by atoms with E-state index in [9.17, 15) is 9.18 Å². The molecule has 0 radical (unpaired) electrons. The van der Waals surface area contributed by atoms with Gasteiger partial charge < -0.3 is 19.9 Å². The summed E-state index contributed by atoms with van der Waals surface area (Å²) in [5.74, 6) is -0.482. The fourth-order valence-corrected chi connectivity index (χ4v) is 1.58. The van der Waals surface area contributed by atoms with E-state index in [1.54, 1.807) is 13.0 Å². The molecule has 18 heavy (non-hydrogen) atoms. The van der Waals surface area contributed by atoms with E-state index in [1.165, 1.54) is 25.3 Å². The Morgan fingerprint density at radius 2 is 2.17 bits per heavy atom. The van der Waals surface area contributed by atoms with Gasteiger partial charge in [0.15, 0.2) is 0 Å². The van der Waals surface area contributed by atoms with E-state index < -0.39 is 24.1 Å². The van der Waals surface area contributed by atoms with Crippen LogP contribution in [0.25, 0.3) is 0 Å². The molecule has 0 saturated carbocycles. The highest BCUT2D eigenvalue weighted by atomic mass is 19.1. The molecule has 100 valence electrons. The summed E-state index contributed by atoms with van der Waals surface area (Å²) in [7, 11) is 1.45. The highest BCUT2D eigenvalue weighted by Crippen LogP contribution is 2.22. The van der Waals surface area contributed by atoms with Gasteiger partial charge in [-0.3, -0.25) is 0 Å². The van der Waals surface area contributed by atoms with Crippen LogP contribution in [0.3, 0.4) is 0 Å². The fraction of sp³-hybridized carbons (Fsp3) is 0.417. The average molecular weight is 257 g/mol. The molecule has 6 heteroatoms. The van der Waals surface area contributed by atoms with Crippen molar-refractivity contribution in [3.63, 3.8) is 0 Å². The highest BCUT2D eigenvalue weighted by molar-refractivity contribution is 5.65. The molecule has 1 rings (SSSR count). The number of carboxylic acid groups (broad SMARTS) is 1. The van der Waals surface area contributed by atoms with Gasteiger partial charge in [-0.15, -0.1) is 0 Å². The zero-order valence-corrected chi connectivity index (χ0v) is 10.2. The predicted octanol–water partition coefficient (Wildman–Crippen LogP) is 2.14. The third-order valence-corrected chi connectivity index (χ3v) is 2.44. The molecule has 1 amide bonds. The molecule has 2 N–H and O–H groups in total. The molecular formula is C12H16FNO4. The Bertz CT molecular complexity index is 399. The lowest BCUT2D eigenvalue weighted by molar-refractivity contribution is -0.0765. The largest absolute Gasteiger partial charge is 0.465 e. The Kier molecular flexibility index (Phi) is 5.54. The lowest BCUT2D eigenvalue weighted by Crippen LogP contribution is -2.36. The number of ether oxygens (including phenoxy) is 2. The van der Waals surface area contributed by atoms with Crippen molar-refractivity contribution in [3.05, 3.63) is 35.6 Å². The average Bonchev–Trinajstić information content (AvgIpc) is 2.34. The molecular weight excluding hydrogens is 241 g/mol. The van der Waals surface area contributed by atoms with Crippen LogP contribution >= 0.6 is 0 Å². The molecule has 0 bridgehead atoms. The van der Waals surface area contributed by atoms with Crippen LogP contribution in [0.1, 0.15) is 18.5 Å². The van der Waals surface area contributed by atoms with Crippen LogP contribution in [0.2, 0.25) is 0 Å². The molecule has 0 aromatic heterocycles. The Morgan fingerprint density at radius 3 is 2.72 bits per heavy atom. The number of amides is 1. The van der Waals surface area contributed by atoms with Gasteiger partial charge in [0.25, 0.3) is 0 Å². The summed E-state index contributed by atoms with van der Waals surface area (Å²) in [6.45, 7) is 1.65. The Hall–Kier alpha value is -1.66. The number of hydrogen-bond donors (Lipinski definition) is 2. The molecule has 1 aromatic carbocycles. The molecule has 0 aliphatic carbocycles. The minimum absolute atomic E-state index is 0.00736. The van der Waals surface area contributed by atoms with Crippen LogP contribution in [0.4, 0.5) is 9.18 Å². The maximum Gasteiger partial charge on any atom is 0.405 e. The first-order valence-corrected chi connectivity index (χ1v) is 5.40. The van der Waals surface area contributed by atoms with Gasteiger partial charge in [-0.1, -0.05) is 18.2 Å². The first-order valence-electron chi connectivity index (χ1n) is 5.40. The van der Waals surface area contributed by atoms with E-state index in [2.05, 4.69) is 5.32 Å². The summed E-state index contributed by atoms with van der Waals surface area (Å²) in [4.78, 5) is 10.8. The van der Waals surface area contributed by atoms with Crippen molar-refractivity contribution >= 4 is 6.09 Å². The second-order valence-corrected chi connectivity index (χ2v) is 3.73. The van der Waals surface area contributed by atoms with E-state index in [-0.39, 0.29) is 12.4 Å². The minimum Gasteiger partial charge on any atom is -0.465 e. The van der Waals surface area contributed by atoms with Crippen LogP contribution in [0.5, 0.6) is 0 Å². The van der Waals surface area contributed by atoms with Crippen molar-refractivity contribution in [2.24, 2.45) is 0 Å². The number of benzene rings is 1. The highest BCUT2D eigenvalue weighted by Gasteiger charge is 2.24. The SMILES string of the molecule is COCO[C@@H](C)C(NC(=O)O)c1ccccc1F. The molecule has 0 aliphatic rings. The number of hydrogen-bond acceptors (Lipinski definition) is 3. The third kappa shape index (κ3) is 3.97. The van der Waals surface area contributed by atoms with Crippen molar-refractivity contribution in [3.8, 4) is 0 Å². The van der Waals surface area contributed by atoms with Gasteiger partial charge in [0.2, 0.25) is 0 Å². The molecule has 0 spiro atoms. The molecule has 0 fully saturated rings. The van der Waals surface area contributed by atoms with Crippen LogP contribution < -0.4 is 5.32 Å². The molecule has 0 saturated heterocycles. The van der Waals surface area contributed by atoms with Gasteiger partial charge in [-0.25, -0.2) is 9.18 Å². The van der Waals surface area contributed by atoms with Crippen molar-refractivity contribution in [1.29, 1.82) is 0 Å². The lowest BCUT2D eigenvalue weighted by Gasteiger charge is -2.24. The van der Waals surface area contributed by atoms with Gasteiger partial charge >= 0.3 is 6.09 Å². The van der Waals surface area contributed by atoms with Crippen molar-refractivity contribution in [2.75, 3.05) is 13.9 Å². The fourth-order valence-electron chi connectivity index (χ4n) is 1.58. The normalized spacial score (nSPS) is 13.9. The zero-order chi connectivity index (χ0) is 13.5. The van der Waals surface area contributed by atoms with Crippen LogP contribution in [0.15, 0.2) is 24.3 Å². The summed E-state index contributed by atoms with van der Waals surface area (Å²) < 4.78 is 23.6. The number of nitrogens with one attached hydrogen (secondary N) is 1. The Labute approximate surface area is 105 Å². The summed E-state index contributed by atoms with van der Waals surface area (Å²) in [6.07, 6.45) is -1.80. The first-order chi connectivity index (χ1) is 8.56. The summed E-state index contributed by atoms with van der Waals surface area (Å²) in [5.41, 5.74) is 0.239. The van der Waals surface area contributed by atoms with Gasteiger partial charge in [0.05, 0.1) is 12.1 Å². The topological polar surface area (TPSA) is 67.8 Å². The van der Waals surface area contributed by atoms with Crippen molar-refractivity contribution in [1.82, 2.24) is 5.32 Å². The van der Waals surface area contributed by atoms with Gasteiger partial charge in [0, 0.05) is 12.7 Å². The van der Waals surface area contributed by atoms with E-state index >= 15 is 0 Å². The number of methoxy groups -OCH3 is 1. The third-order valence-electron chi connectivity index (χ3n) is 2.44. The Balaban J connectivity index is 2.90. The minimum atomic E-state index is -1.24. The second-order valence-electron chi connectivity index (χ2n) is 3.73. The van der Waals surface area contributed by atoms with Crippen LogP contribution in [0, 0.1) is 5.82 Å². The summed E-state index contributed by atoms with van der Waals surface area (Å²) in [6, 6.07) is 5.17. The predicted molar refractivity (Wildman–Crippen MR) is 62.7 cm³/mol. The monoisotopic (exact) mass is 257 g/mol. The maximum atomic E-state index is 13.7. The van der Waals surface area contributed by atoms with Gasteiger partial charge in [-0.2, -0.15) is 0 Å². The van der Waals surface area contributed by atoms with E-state index in [0.29, 0.717) is 0 Å². The molecule has 0 heterocycles.